The molecule has 1 aliphatic rings. The summed E-state index contributed by atoms with van der Waals surface area (Å²) in [7, 11) is -3.94. The number of nitrogens with zero attached hydrogens (tertiary/aromatic N) is 2. The fraction of sp³-hybridized carbons (Fsp3) is 0.318. The fourth-order valence-corrected chi connectivity index (χ4v) is 5.32. The van der Waals surface area contributed by atoms with Crippen LogP contribution in [0.2, 0.25) is 0 Å². The predicted molar refractivity (Wildman–Crippen MR) is 110 cm³/mol. The number of hydrogen-bond acceptors (Lipinski definition) is 5. The van der Waals surface area contributed by atoms with Gasteiger partial charge in [-0.1, -0.05) is 12.1 Å². The highest BCUT2D eigenvalue weighted by molar-refractivity contribution is 7.89. The summed E-state index contributed by atoms with van der Waals surface area (Å²) in [6.07, 6.45) is 3.83. The Bertz CT molecular complexity index is 1070. The second kappa shape index (κ2) is 9.07. The molecule has 1 aliphatic heterocycles. The molecule has 1 aromatic carbocycles. The smallest absolute Gasteiger partial charge is 0.245 e. The molecule has 9 heteroatoms. The highest BCUT2D eigenvalue weighted by Gasteiger charge is 2.35. The van der Waals surface area contributed by atoms with Gasteiger partial charge < -0.3 is 13.7 Å². The van der Waals surface area contributed by atoms with Crippen molar-refractivity contribution in [2.45, 2.75) is 30.8 Å². The normalized spacial score (nSPS) is 15.8. The number of hydrogen-bond donors (Lipinski definition) is 0. The number of piperidine rings is 1. The van der Waals surface area contributed by atoms with Crippen molar-refractivity contribution in [1.29, 1.82) is 0 Å². The first-order valence-corrected chi connectivity index (χ1v) is 11.5. The molecule has 0 aliphatic carbocycles. The Morgan fingerprint density at radius 1 is 0.968 bits per heavy atom. The van der Waals surface area contributed by atoms with Gasteiger partial charge in [0.1, 0.15) is 22.2 Å². The molecule has 3 aromatic rings. The number of sulfonamides is 1. The van der Waals surface area contributed by atoms with Gasteiger partial charge in [0, 0.05) is 19.0 Å². The second-order valence-electron chi connectivity index (χ2n) is 7.46. The molecule has 2 aromatic heterocycles. The second-order valence-corrected chi connectivity index (χ2v) is 9.37. The van der Waals surface area contributed by atoms with Crippen LogP contribution >= 0.6 is 0 Å². The number of benzene rings is 1. The third-order valence-corrected chi connectivity index (χ3v) is 7.35. The zero-order chi connectivity index (χ0) is 21.8. The topological polar surface area (TPSA) is 84.0 Å². The Hall–Kier alpha value is -2.91. The minimum atomic E-state index is -3.94. The minimum Gasteiger partial charge on any atom is -0.467 e. The summed E-state index contributed by atoms with van der Waals surface area (Å²) in [4.78, 5) is 14.6. The van der Waals surface area contributed by atoms with Crippen LogP contribution in [0.1, 0.15) is 24.4 Å². The summed E-state index contributed by atoms with van der Waals surface area (Å²) in [5.74, 6) is 0.107. The molecule has 4 rings (SSSR count). The van der Waals surface area contributed by atoms with Gasteiger partial charge >= 0.3 is 0 Å². The number of carbonyl (C=O) groups excluding carboxylic acids is 1. The van der Waals surface area contributed by atoms with Gasteiger partial charge in [-0.2, -0.15) is 4.31 Å². The van der Waals surface area contributed by atoms with Crippen molar-refractivity contribution in [3.05, 3.63) is 78.4 Å². The van der Waals surface area contributed by atoms with Crippen LogP contribution in [0.5, 0.6) is 0 Å². The first-order chi connectivity index (χ1) is 14.9. The third kappa shape index (κ3) is 4.72. The number of carbonyl (C=O) groups is 1. The molecule has 1 fully saturated rings. The van der Waals surface area contributed by atoms with E-state index in [0.717, 1.165) is 6.07 Å². The first kappa shape index (κ1) is 21.3. The average Bonchev–Trinajstić information content (AvgIpc) is 3.47. The molecule has 7 nitrogen and oxygen atoms in total. The summed E-state index contributed by atoms with van der Waals surface area (Å²) >= 11 is 0. The summed E-state index contributed by atoms with van der Waals surface area (Å²) in [6.45, 7) is 0.894. The van der Waals surface area contributed by atoms with Crippen molar-refractivity contribution in [2.24, 2.45) is 5.92 Å². The number of rotatable bonds is 7. The number of halogens is 1. The Balaban J connectivity index is 1.44. The Labute approximate surface area is 180 Å². The number of amides is 1. The molecule has 0 spiro atoms. The lowest BCUT2D eigenvalue weighted by Gasteiger charge is -2.33. The summed E-state index contributed by atoms with van der Waals surface area (Å²) in [5.41, 5.74) is 0. The zero-order valence-electron chi connectivity index (χ0n) is 16.8. The highest BCUT2D eigenvalue weighted by atomic mass is 32.2. The van der Waals surface area contributed by atoms with Crippen molar-refractivity contribution in [1.82, 2.24) is 9.21 Å². The Morgan fingerprint density at radius 3 is 2.06 bits per heavy atom. The predicted octanol–water partition coefficient (Wildman–Crippen LogP) is 3.64. The molecule has 3 heterocycles. The maximum absolute atomic E-state index is 14.0. The molecule has 0 radical (unpaired) electrons. The van der Waals surface area contributed by atoms with Crippen molar-refractivity contribution in [3.8, 4) is 0 Å². The van der Waals surface area contributed by atoms with Gasteiger partial charge in [-0.15, -0.1) is 0 Å². The van der Waals surface area contributed by atoms with Gasteiger partial charge in [-0.05, 0) is 49.2 Å². The molecule has 1 saturated heterocycles. The fourth-order valence-electron chi connectivity index (χ4n) is 3.79. The summed E-state index contributed by atoms with van der Waals surface area (Å²) < 4.78 is 51.7. The molecule has 164 valence electrons. The van der Waals surface area contributed by atoms with E-state index in [2.05, 4.69) is 0 Å². The lowest BCUT2D eigenvalue weighted by atomic mass is 9.96. The molecule has 0 atom stereocenters. The van der Waals surface area contributed by atoms with Crippen LogP contribution in [-0.4, -0.2) is 36.6 Å². The molecule has 31 heavy (non-hydrogen) atoms. The first-order valence-electron chi connectivity index (χ1n) is 10.0. The van der Waals surface area contributed by atoms with Crippen LogP contribution in [0.15, 0.2) is 74.8 Å². The van der Waals surface area contributed by atoms with Gasteiger partial charge in [-0.3, -0.25) is 4.79 Å². The lowest BCUT2D eigenvalue weighted by molar-refractivity contribution is -0.138. The monoisotopic (exact) mass is 446 g/mol. The van der Waals surface area contributed by atoms with E-state index in [1.165, 1.54) is 22.5 Å². The molecular weight excluding hydrogens is 423 g/mol. The quantitative estimate of drug-likeness (QED) is 0.553. The Morgan fingerprint density at radius 2 is 1.55 bits per heavy atom. The van der Waals surface area contributed by atoms with E-state index in [-0.39, 0.29) is 29.8 Å². The van der Waals surface area contributed by atoms with Crippen LogP contribution in [0.4, 0.5) is 4.39 Å². The van der Waals surface area contributed by atoms with E-state index in [1.54, 1.807) is 41.7 Å². The van der Waals surface area contributed by atoms with Gasteiger partial charge in [0.25, 0.3) is 0 Å². The maximum atomic E-state index is 14.0. The van der Waals surface area contributed by atoms with E-state index >= 15 is 0 Å². The molecule has 0 N–H and O–H groups in total. The SMILES string of the molecule is O=C(C1CCN(S(=O)(=O)c2ccccc2F)CC1)N(Cc1ccco1)Cc1ccco1. The minimum absolute atomic E-state index is 0.0873. The molecule has 0 unspecified atom stereocenters. The van der Waals surface area contributed by atoms with E-state index in [0.29, 0.717) is 37.5 Å². The van der Waals surface area contributed by atoms with Gasteiger partial charge in [-0.25, -0.2) is 12.8 Å². The van der Waals surface area contributed by atoms with Crippen LogP contribution < -0.4 is 0 Å². The molecule has 1 amide bonds. The van der Waals surface area contributed by atoms with Crippen molar-refractivity contribution < 1.29 is 26.4 Å². The van der Waals surface area contributed by atoms with Crippen LogP contribution in [-0.2, 0) is 27.9 Å². The van der Waals surface area contributed by atoms with Crippen LogP contribution in [0.25, 0.3) is 0 Å². The van der Waals surface area contributed by atoms with Crippen LogP contribution in [0.3, 0.4) is 0 Å². The van der Waals surface area contributed by atoms with E-state index in [4.69, 9.17) is 8.83 Å². The lowest BCUT2D eigenvalue weighted by Crippen LogP contribution is -2.44. The van der Waals surface area contributed by atoms with Gasteiger partial charge in [0.05, 0.1) is 25.6 Å². The van der Waals surface area contributed by atoms with Crippen molar-refractivity contribution in [3.63, 3.8) is 0 Å². The van der Waals surface area contributed by atoms with Gasteiger partial charge in [0.15, 0.2) is 0 Å². The maximum Gasteiger partial charge on any atom is 0.245 e. The number of furan rings is 2. The van der Waals surface area contributed by atoms with Gasteiger partial charge in [0.2, 0.25) is 15.9 Å². The highest BCUT2D eigenvalue weighted by Crippen LogP contribution is 2.27. The largest absolute Gasteiger partial charge is 0.467 e. The van der Waals surface area contributed by atoms with E-state index in [1.807, 2.05) is 0 Å². The molecular formula is C22H23FN2O5S. The summed E-state index contributed by atoms with van der Waals surface area (Å²) in [5, 5.41) is 0. The third-order valence-electron chi connectivity index (χ3n) is 5.42. The average molecular weight is 447 g/mol. The standard InChI is InChI=1S/C22H23FN2O5S/c23-20-7-1-2-8-21(20)31(27,28)25-11-9-17(10-12-25)22(26)24(15-18-5-3-13-29-18)16-19-6-4-14-30-19/h1-8,13-14,17H,9-12,15-16H2. The molecule has 0 bridgehead atoms. The zero-order valence-corrected chi connectivity index (χ0v) is 17.6. The Kier molecular flexibility index (Phi) is 6.24. The van der Waals surface area contributed by atoms with E-state index in [9.17, 15) is 17.6 Å². The van der Waals surface area contributed by atoms with Crippen LogP contribution in [0, 0.1) is 11.7 Å². The van der Waals surface area contributed by atoms with E-state index < -0.39 is 15.8 Å². The molecule has 0 saturated carbocycles. The summed E-state index contributed by atoms with van der Waals surface area (Å²) in [6, 6.07) is 12.5. The van der Waals surface area contributed by atoms with Crippen molar-refractivity contribution in [2.75, 3.05) is 13.1 Å². The van der Waals surface area contributed by atoms with Crippen molar-refractivity contribution >= 4 is 15.9 Å².